The molecule has 2 aromatic heterocycles. The quantitative estimate of drug-likeness (QED) is 0.559. The molecule has 2 heterocycles. The van der Waals surface area contributed by atoms with Crippen LogP contribution >= 0.6 is 0 Å². The third-order valence-corrected chi connectivity index (χ3v) is 1.92. The molecule has 80 valence electrons. The molecule has 16 heavy (non-hydrogen) atoms. The van der Waals surface area contributed by atoms with E-state index in [1.54, 1.807) is 0 Å². The lowest BCUT2D eigenvalue weighted by molar-refractivity contribution is -0.385. The van der Waals surface area contributed by atoms with E-state index in [4.69, 9.17) is 0 Å². The van der Waals surface area contributed by atoms with Gasteiger partial charge in [0.15, 0.2) is 5.65 Å². The lowest BCUT2D eigenvalue weighted by Crippen LogP contribution is -1.93. The highest BCUT2D eigenvalue weighted by atomic mass is 16.6. The first kappa shape index (κ1) is 9.90. The third kappa shape index (κ3) is 1.63. The average Bonchev–Trinajstić information content (AvgIpc) is 2.27. The van der Waals surface area contributed by atoms with Gasteiger partial charge >= 0.3 is 0 Å². The van der Waals surface area contributed by atoms with Crippen molar-refractivity contribution in [2.45, 2.75) is 0 Å². The van der Waals surface area contributed by atoms with E-state index in [-0.39, 0.29) is 22.4 Å². The highest BCUT2D eigenvalue weighted by Gasteiger charge is 2.12. The van der Waals surface area contributed by atoms with Gasteiger partial charge < -0.3 is 0 Å². The van der Waals surface area contributed by atoms with Gasteiger partial charge in [0, 0.05) is 17.5 Å². The summed E-state index contributed by atoms with van der Waals surface area (Å²) in [5, 5.41) is 21.2. The molecule has 0 bridgehead atoms. The number of aromatic nitrogens is 2. The normalized spacial score (nSPS) is 10.2. The smallest absolute Gasteiger partial charge is 0.258 e. The summed E-state index contributed by atoms with van der Waals surface area (Å²) in [6, 6.07) is 2.39. The van der Waals surface area contributed by atoms with Gasteiger partial charge in [0.2, 0.25) is 0 Å². The molecule has 0 N–H and O–H groups in total. The highest BCUT2D eigenvalue weighted by Crippen LogP contribution is 2.20. The van der Waals surface area contributed by atoms with Gasteiger partial charge in [-0.3, -0.25) is 20.2 Å². The van der Waals surface area contributed by atoms with Gasteiger partial charge in [-0.05, 0) is 0 Å². The number of pyridine rings is 2. The van der Waals surface area contributed by atoms with Crippen LogP contribution in [0.15, 0.2) is 24.5 Å². The van der Waals surface area contributed by atoms with Crippen molar-refractivity contribution in [1.29, 1.82) is 0 Å². The van der Waals surface area contributed by atoms with Gasteiger partial charge in [0.05, 0.1) is 9.85 Å². The molecule has 0 radical (unpaired) electrons. The van der Waals surface area contributed by atoms with E-state index in [2.05, 4.69) is 9.97 Å². The predicted octanol–water partition coefficient (Wildman–Crippen LogP) is 1.45. The standard InChI is InChI=1S/C8H4N4O4/c13-11(14)6-1-5-2-7(12(15)16)4-10-8(5)9-3-6/h1-4H. The van der Waals surface area contributed by atoms with Crippen molar-refractivity contribution in [3.63, 3.8) is 0 Å². The minimum absolute atomic E-state index is 0.227. The van der Waals surface area contributed by atoms with Gasteiger partial charge in [-0.25, -0.2) is 9.97 Å². The monoisotopic (exact) mass is 220 g/mol. The van der Waals surface area contributed by atoms with Crippen LogP contribution in [0, 0.1) is 20.2 Å². The fourth-order valence-electron chi connectivity index (χ4n) is 1.20. The van der Waals surface area contributed by atoms with Crippen molar-refractivity contribution >= 4 is 22.4 Å². The van der Waals surface area contributed by atoms with E-state index in [9.17, 15) is 20.2 Å². The molecule has 0 atom stereocenters. The van der Waals surface area contributed by atoms with Gasteiger partial charge in [-0.15, -0.1) is 0 Å². The topological polar surface area (TPSA) is 112 Å². The van der Waals surface area contributed by atoms with Crippen LogP contribution in [0.1, 0.15) is 0 Å². The minimum atomic E-state index is -0.620. The van der Waals surface area contributed by atoms with E-state index in [0.29, 0.717) is 0 Å². The number of nitrogens with zero attached hydrogens (tertiary/aromatic N) is 4. The third-order valence-electron chi connectivity index (χ3n) is 1.92. The molecular weight excluding hydrogens is 216 g/mol. The molecule has 2 aromatic rings. The van der Waals surface area contributed by atoms with Crippen molar-refractivity contribution in [3.05, 3.63) is 44.8 Å². The Kier molecular flexibility index (Phi) is 2.16. The van der Waals surface area contributed by atoms with E-state index in [1.165, 1.54) is 12.1 Å². The van der Waals surface area contributed by atoms with Crippen molar-refractivity contribution in [3.8, 4) is 0 Å². The molecule has 0 spiro atoms. The van der Waals surface area contributed by atoms with Crippen LogP contribution in [0.25, 0.3) is 11.0 Å². The SMILES string of the molecule is O=[N+]([O-])c1cnc2ncc([N+](=O)[O-])cc2c1. The Hall–Kier alpha value is -2.64. The summed E-state index contributed by atoms with van der Waals surface area (Å²) in [5.41, 5.74) is -0.221. The molecule has 0 fully saturated rings. The van der Waals surface area contributed by atoms with Crippen molar-refractivity contribution < 1.29 is 9.85 Å². The van der Waals surface area contributed by atoms with Crippen LogP contribution in [0.2, 0.25) is 0 Å². The van der Waals surface area contributed by atoms with Gasteiger partial charge in [0.1, 0.15) is 12.4 Å². The number of rotatable bonds is 2. The summed E-state index contributed by atoms with van der Waals surface area (Å²) in [7, 11) is 0. The van der Waals surface area contributed by atoms with Crippen LogP contribution in [0.4, 0.5) is 11.4 Å². The molecule has 0 aliphatic heterocycles. The zero-order valence-electron chi connectivity index (χ0n) is 7.73. The second-order valence-electron chi connectivity index (χ2n) is 2.95. The molecule has 0 aliphatic rings. The van der Waals surface area contributed by atoms with Crippen LogP contribution in [0.3, 0.4) is 0 Å². The van der Waals surface area contributed by atoms with Gasteiger partial charge in [-0.2, -0.15) is 0 Å². The minimum Gasteiger partial charge on any atom is -0.258 e. The molecule has 0 saturated heterocycles. The van der Waals surface area contributed by atoms with Crippen LogP contribution < -0.4 is 0 Å². The molecule has 8 heteroatoms. The Bertz CT molecular complexity index is 549. The maximum Gasteiger partial charge on any atom is 0.288 e. The molecule has 0 aromatic carbocycles. The molecule has 0 unspecified atom stereocenters. The van der Waals surface area contributed by atoms with Crippen molar-refractivity contribution in [1.82, 2.24) is 9.97 Å². The predicted molar refractivity (Wildman–Crippen MR) is 52.8 cm³/mol. The van der Waals surface area contributed by atoms with E-state index in [1.807, 2.05) is 0 Å². The molecule has 0 amide bonds. The summed E-state index contributed by atoms with van der Waals surface area (Å²) in [5.74, 6) is 0. The molecule has 0 saturated carbocycles. The Morgan fingerprint density at radius 1 is 0.938 bits per heavy atom. The van der Waals surface area contributed by atoms with Crippen molar-refractivity contribution in [2.24, 2.45) is 0 Å². The number of fused-ring (bicyclic) bond motifs is 1. The number of hydrogen-bond acceptors (Lipinski definition) is 6. The van der Waals surface area contributed by atoms with E-state index >= 15 is 0 Å². The molecule has 0 aliphatic carbocycles. The Labute approximate surface area is 87.9 Å². The lowest BCUT2D eigenvalue weighted by atomic mass is 10.2. The summed E-state index contributed by atoms with van der Waals surface area (Å²) in [6.45, 7) is 0. The Morgan fingerprint density at radius 2 is 1.38 bits per heavy atom. The largest absolute Gasteiger partial charge is 0.288 e. The van der Waals surface area contributed by atoms with E-state index in [0.717, 1.165) is 12.4 Å². The fourth-order valence-corrected chi connectivity index (χ4v) is 1.20. The number of nitro groups is 2. The van der Waals surface area contributed by atoms with Crippen LogP contribution in [-0.2, 0) is 0 Å². The molecular formula is C8H4N4O4. The first-order valence-corrected chi connectivity index (χ1v) is 4.12. The van der Waals surface area contributed by atoms with Gasteiger partial charge in [-0.1, -0.05) is 0 Å². The fraction of sp³-hybridized carbons (Fsp3) is 0. The van der Waals surface area contributed by atoms with Crippen LogP contribution in [-0.4, -0.2) is 19.8 Å². The first-order valence-electron chi connectivity index (χ1n) is 4.12. The summed E-state index contributed by atoms with van der Waals surface area (Å²) in [6.07, 6.45) is 2.11. The van der Waals surface area contributed by atoms with E-state index < -0.39 is 9.85 Å². The van der Waals surface area contributed by atoms with Crippen LogP contribution in [0.5, 0.6) is 0 Å². The highest BCUT2D eigenvalue weighted by molar-refractivity contribution is 5.78. The Balaban J connectivity index is 2.65. The lowest BCUT2D eigenvalue weighted by Gasteiger charge is -1.96. The Morgan fingerprint density at radius 3 is 1.75 bits per heavy atom. The summed E-state index contributed by atoms with van der Waals surface area (Å²) < 4.78 is 0. The second-order valence-corrected chi connectivity index (χ2v) is 2.95. The van der Waals surface area contributed by atoms with Crippen molar-refractivity contribution in [2.75, 3.05) is 0 Å². The first-order chi connectivity index (χ1) is 7.58. The van der Waals surface area contributed by atoms with Gasteiger partial charge in [0.25, 0.3) is 11.4 Å². The maximum atomic E-state index is 10.5. The number of hydrogen-bond donors (Lipinski definition) is 0. The molecule has 2 rings (SSSR count). The molecule has 8 nitrogen and oxygen atoms in total. The average molecular weight is 220 g/mol. The zero-order valence-corrected chi connectivity index (χ0v) is 7.73. The zero-order chi connectivity index (χ0) is 11.7. The maximum absolute atomic E-state index is 10.5. The summed E-state index contributed by atoms with van der Waals surface area (Å²) >= 11 is 0. The summed E-state index contributed by atoms with van der Waals surface area (Å²) in [4.78, 5) is 27.2. The second kappa shape index (κ2) is 3.50.